The lowest BCUT2D eigenvalue weighted by Gasteiger charge is -2.14. The molecular formula is C16H13F2NO3. The van der Waals surface area contributed by atoms with Gasteiger partial charge in [0.1, 0.15) is 17.7 Å². The van der Waals surface area contributed by atoms with Gasteiger partial charge in [-0.15, -0.1) is 0 Å². The van der Waals surface area contributed by atoms with E-state index >= 15 is 0 Å². The first-order chi connectivity index (χ1) is 10.5. The van der Waals surface area contributed by atoms with Crippen LogP contribution in [0, 0.1) is 11.6 Å². The van der Waals surface area contributed by atoms with Crippen molar-refractivity contribution in [2.75, 3.05) is 0 Å². The number of hydrogen-bond donors (Lipinski definition) is 2. The molecule has 0 heterocycles. The van der Waals surface area contributed by atoms with Gasteiger partial charge >= 0.3 is 5.97 Å². The van der Waals surface area contributed by atoms with E-state index in [0.29, 0.717) is 5.56 Å². The maximum atomic E-state index is 13.1. The molecule has 0 bridgehead atoms. The molecule has 0 unspecified atom stereocenters. The third kappa shape index (κ3) is 4.12. The molecule has 2 aromatic carbocycles. The lowest BCUT2D eigenvalue weighted by Crippen LogP contribution is -2.42. The van der Waals surface area contributed by atoms with E-state index in [9.17, 15) is 23.5 Å². The van der Waals surface area contributed by atoms with Crippen LogP contribution in [0.2, 0.25) is 0 Å². The normalized spacial score (nSPS) is 11.7. The Kier molecular flexibility index (Phi) is 4.83. The van der Waals surface area contributed by atoms with E-state index in [4.69, 9.17) is 0 Å². The number of carboxylic acids is 1. The second-order valence-corrected chi connectivity index (χ2v) is 4.71. The highest BCUT2D eigenvalue weighted by molar-refractivity contribution is 5.96. The Morgan fingerprint density at radius 2 is 1.68 bits per heavy atom. The SMILES string of the molecule is O=C(N[C@@H](Cc1cccc(F)c1)C(=O)O)c1cccc(F)c1. The van der Waals surface area contributed by atoms with Gasteiger partial charge in [0.15, 0.2) is 0 Å². The minimum Gasteiger partial charge on any atom is -0.480 e. The molecule has 2 aromatic rings. The molecule has 0 aliphatic rings. The van der Waals surface area contributed by atoms with Crippen molar-refractivity contribution in [1.82, 2.24) is 5.32 Å². The predicted octanol–water partition coefficient (Wildman–Crippen LogP) is 2.39. The third-order valence-electron chi connectivity index (χ3n) is 3.02. The highest BCUT2D eigenvalue weighted by Gasteiger charge is 2.21. The average molecular weight is 305 g/mol. The molecule has 114 valence electrons. The molecule has 0 fully saturated rings. The van der Waals surface area contributed by atoms with Crippen LogP contribution in [0.3, 0.4) is 0 Å². The second-order valence-electron chi connectivity index (χ2n) is 4.71. The highest BCUT2D eigenvalue weighted by atomic mass is 19.1. The molecule has 4 nitrogen and oxygen atoms in total. The van der Waals surface area contributed by atoms with Crippen LogP contribution in [-0.2, 0) is 11.2 Å². The highest BCUT2D eigenvalue weighted by Crippen LogP contribution is 2.09. The van der Waals surface area contributed by atoms with Crippen LogP contribution < -0.4 is 5.32 Å². The molecule has 6 heteroatoms. The van der Waals surface area contributed by atoms with Crippen molar-refractivity contribution in [2.45, 2.75) is 12.5 Å². The summed E-state index contributed by atoms with van der Waals surface area (Å²) in [5.74, 6) is -3.04. The van der Waals surface area contributed by atoms with E-state index in [-0.39, 0.29) is 12.0 Å². The maximum absolute atomic E-state index is 13.1. The van der Waals surface area contributed by atoms with Crippen molar-refractivity contribution in [3.05, 3.63) is 71.3 Å². The first kappa shape index (κ1) is 15.6. The van der Waals surface area contributed by atoms with Crippen LogP contribution in [0.15, 0.2) is 48.5 Å². The van der Waals surface area contributed by atoms with Gasteiger partial charge in [0.2, 0.25) is 0 Å². The van der Waals surface area contributed by atoms with Gasteiger partial charge in [-0.1, -0.05) is 18.2 Å². The minimum absolute atomic E-state index is 0.0190. The van der Waals surface area contributed by atoms with E-state index in [2.05, 4.69) is 5.32 Å². The van der Waals surface area contributed by atoms with Crippen LogP contribution in [0.5, 0.6) is 0 Å². The molecule has 2 N–H and O–H groups in total. The van der Waals surface area contributed by atoms with E-state index in [1.165, 1.54) is 36.4 Å². The number of rotatable bonds is 5. The maximum Gasteiger partial charge on any atom is 0.326 e. The molecule has 0 radical (unpaired) electrons. The molecule has 1 atom stereocenters. The summed E-state index contributed by atoms with van der Waals surface area (Å²) in [5.41, 5.74) is 0.456. The van der Waals surface area contributed by atoms with E-state index < -0.39 is 29.6 Å². The molecule has 2 rings (SSSR count). The lowest BCUT2D eigenvalue weighted by molar-refractivity contribution is -0.139. The molecule has 0 aliphatic heterocycles. The smallest absolute Gasteiger partial charge is 0.326 e. The fourth-order valence-electron chi connectivity index (χ4n) is 1.97. The quantitative estimate of drug-likeness (QED) is 0.891. The van der Waals surface area contributed by atoms with Gasteiger partial charge in [-0.2, -0.15) is 0 Å². The number of nitrogens with one attached hydrogen (secondary N) is 1. The number of amides is 1. The standard InChI is InChI=1S/C16H13F2NO3/c17-12-5-1-3-10(7-12)8-14(16(21)22)19-15(20)11-4-2-6-13(18)9-11/h1-7,9,14H,8H2,(H,19,20)(H,21,22)/t14-/m0/s1. The van der Waals surface area contributed by atoms with Gasteiger partial charge in [0.25, 0.3) is 5.91 Å². The molecule has 0 saturated heterocycles. The van der Waals surface area contributed by atoms with Crippen LogP contribution in [-0.4, -0.2) is 23.0 Å². The Hall–Kier alpha value is -2.76. The predicted molar refractivity (Wildman–Crippen MR) is 75.4 cm³/mol. The van der Waals surface area contributed by atoms with Crippen LogP contribution in [0.1, 0.15) is 15.9 Å². The van der Waals surface area contributed by atoms with Crippen LogP contribution in [0.4, 0.5) is 8.78 Å². The number of hydrogen-bond acceptors (Lipinski definition) is 2. The Labute approximate surface area is 125 Å². The van der Waals surface area contributed by atoms with Gasteiger partial charge in [-0.05, 0) is 35.9 Å². The fraction of sp³-hybridized carbons (Fsp3) is 0.125. The Morgan fingerprint density at radius 3 is 2.27 bits per heavy atom. The topological polar surface area (TPSA) is 66.4 Å². The van der Waals surface area contributed by atoms with E-state index in [1.807, 2.05) is 0 Å². The fourth-order valence-corrected chi connectivity index (χ4v) is 1.97. The van der Waals surface area contributed by atoms with Gasteiger partial charge in [-0.3, -0.25) is 4.79 Å². The summed E-state index contributed by atoms with van der Waals surface area (Å²) >= 11 is 0. The molecule has 1 amide bonds. The largest absolute Gasteiger partial charge is 0.480 e. The summed E-state index contributed by atoms with van der Waals surface area (Å²) in [6.07, 6.45) is -0.0752. The third-order valence-corrected chi connectivity index (χ3v) is 3.02. The second kappa shape index (κ2) is 6.80. The zero-order valence-electron chi connectivity index (χ0n) is 11.4. The Bertz CT molecular complexity index is 703. The Morgan fingerprint density at radius 1 is 1.05 bits per heavy atom. The molecule has 0 aromatic heterocycles. The van der Waals surface area contributed by atoms with Crippen molar-refractivity contribution >= 4 is 11.9 Å². The van der Waals surface area contributed by atoms with Crippen LogP contribution in [0.25, 0.3) is 0 Å². The molecule has 0 spiro atoms. The summed E-state index contributed by atoms with van der Waals surface area (Å²) in [4.78, 5) is 23.2. The number of halogens is 2. The monoisotopic (exact) mass is 305 g/mol. The summed E-state index contributed by atoms with van der Waals surface area (Å²) in [7, 11) is 0. The summed E-state index contributed by atoms with van der Waals surface area (Å²) < 4.78 is 26.2. The molecule has 0 aliphatic carbocycles. The van der Waals surface area contributed by atoms with Crippen LogP contribution >= 0.6 is 0 Å². The van der Waals surface area contributed by atoms with Gasteiger partial charge < -0.3 is 10.4 Å². The summed E-state index contributed by atoms with van der Waals surface area (Å²) in [6, 6.07) is 9.14. The number of carboxylic acid groups (broad SMARTS) is 1. The summed E-state index contributed by atoms with van der Waals surface area (Å²) in [5, 5.41) is 11.5. The number of carbonyl (C=O) groups is 2. The lowest BCUT2D eigenvalue weighted by atomic mass is 10.1. The first-order valence-corrected chi connectivity index (χ1v) is 6.49. The molecular weight excluding hydrogens is 292 g/mol. The minimum atomic E-state index is -1.26. The zero-order valence-corrected chi connectivity index (χ0v) is 11.4. The average Bonchev–Trinajstić information content (AvgIpc) is 2.46. The first-order valence-electron chi connectivity index (χ1n) is 6.49. The van der Waals surface area contributed by atoms with Gasteiger partial charge in [0, 0.05) is 12.0 Å². The number of aliphatic carboxylic acids is 1. The van der Waals surface area contributed by atoms with E-state index in [1.54, 1.807) is 6.07 Å². The van der Waals surface area contributed by atoms with Crippen molar-refractivity contribution in [1.29, 1.82) is 0 Å². The van der Waals surface area contributed by atoms with E-state index in [0.717, 1.165) is 6.07 Å². The molecule has 22 heavy (non-hydrogen) atoms. The van der Waals surface area contributed by atoms with Crippen molar-refractivity contribution in [3.63, 3.8) is 0 Å². The summed E-state index contributed by atoms with van der Waals surface area (Å²) in [6.45, 7) is 0. The van der Waals surface area contributed by atoms with Gasteiger partial charge in [-0.25, -0.2) is 13.6 Å². The number of carbonyl (C=O) groups excluding carboxylic acids is 1. The van der Waals surface area contributed by atoms with Crippen molar-refractivity contribution in [2.24, 2.45) is 0 Å². The molecule has 0 saturated carbocycles. The zero-order chi connectivity index (χ0) is 16.1. The van der Waals surface area contributed by atoms with Gasteiger partial charge in [0.05, 0.1) is 0 Å². The van der Waals surface area contributed by atoms with Crippen molar-refractivity contribution in [3.8, 4) is 0 Å². The van der Waals surface area contributed by atoms with Crippen molar-refractivity contribution < 1.29 is 23.5 Å². The Balaban J connectivity index is 2.12. The number of benzene rings is 2.